The molecule has 2 aromatic rings. The van der Waals surface area contributed by atoms with Crippen molar-refractivity contribution in [3.63, 3.8) is 0 Å². The lowest BCUT2D eigenvalue weighted by atomic mass is 10.2. The fourth-order valence-electron chi connectivity index (χ4n) is 1.79. The van der Waals surface area contributed by atoms with Gasteiger partial charge in [-0.3, -0.25) is 0 Å². The SMILES string of the molecule is CC(C)CNCc1ccc(COc2cccc(I)c2)o1. The molecule has 0 spiro atoms. The molecule has 1 heterocycles. The van der Waals surface area contributed by atoms with Crippen molar-refractivity contribution < 1.29 is 9.15 Å². The van der Waals surface area contributed by atoms with Crippen LogP contribution in [0.15, 0.2) is 40.8 Å². The third-order valence-electron chi connectivity index (χ3n) is 2.75. The Hall–Kier alpha value is -1.01. The summed E-state index contributed by atoms with van der Waals surface area (Å²) in [5.74, 6) is 3.32. The Balaban J connectivity index is 1.80. The number of nitrogens with one attached hydrogen (secondary N) is 1. The van der Waals surface area contributed by atoms with Crippen LogP contribution < -0.4 is 10.1 Å². The topological polar surface area (TPSA) is 34.4 Å². The summed E-state index contributed by atoms with van der Waals surface area (Å²) in [5, 5.41) is 3.36. The summed E-state index contributed by atoms with van der Waals surface area (Å²) >= 11 is 2.27. The van der Waals surface area contributed by atoms with Crippen molar-refractivity contribution in [2.45, 2.75) is 27.0 Å². The fraction of sp³-hybridized carbons (Fsp3) is 0.375. The van der Waals surface area contributed by atoms with Crippen molar-refractivity contribution in [3.05, 3.63) is 51.5 Å². The first kappa shape index (κ1) is 15.4. The summed E-state index contributed by atoms with van der Waals surface area (Å²) < 4.78 is 12.6. The van der Waals surface area contributed by atoms with Gasteiger partial charge in [0.15, 0.2) is 0 Å². The summed E-state index contributed by atoms with van der Waals surface area (Å²) in [6.45, 7) is 6.60. The monoisotopic (exact) mass is 385 g/mol. The molecule has 0 saturated heterocycles. The zero-order chi connectivity index (χ0) is 14.4. The predicted octanol–water partition coefficient (Wildman–Crippen LogP) is 4.21. The van der Waals surface area contributed by atoms with Gasteiger partial charge in [0, 0.05) is 3.57 Å². The smallest absolute Gasteiger partial charge is 0.146 e. The molecule has 0 fully saturated rings. The van der Waals surface area contributed by atoms with Crippen LogP contribution in [0.3, 0.4) is 0 Å². The second kappa shape index (κ2) is 7.69. The molecule has 1 aromatic heterocycles. The molecule has 108 valence electrons. The molecule has 2 rings (SSSR count). The Bertz CT molecular complexity index is 537. The Morgan fingerprint density at radius 1 is 1.20 bits per heavy atom. The van der Waals surface area contributed by atoms with Gasteiger partial charge < -0.3 is 14.5 Å². The van der Waals surface area contributed by atoms with Gasteiger partial charge >= 0.3 is 0 Å². The number of hydrogen-bond donors (Lipinski definition) is 1. The molecule has 20 heavy (non-hydrogen) atoms. The zero-order valence-electron chi connectivity index (χ0n) is 11.9. The molecule has 0 aliphatic heterocycles. The Morgan fingerprint density at radius 3 is 2.75 bits per heavy atom. The van der Waals surface area contributed by atoms with Crippen molar-refractivity contribution in [1.29, 1.82) is 0 Å². The van der Waals surface area contributed by atoms with Crippen LogP contribution in [0, 0.1) is 9.49 Å². The molecular formula is C16H20INO2. The Labute approximate surface area is 133 Å². The van der Waals surface area contributed by atoms with Gasteiger partial charge in [-0.25, -0.2) is 0 Å². The van der Waals surface area contributed by atoms with E-state index in [4.69, 9.17) is 9.15 Å². The number of ether oxygens (including phenoxy) is 1. The molecule has 0 bridgehead atoms. The van der Waals surface area contributed by atoms with E-state index in [1.165, 1.54) is 0 Å². The van der Waals surface area contributed by atoms with Crippen LogP contribution in [0.25, 0.3) is 0 Å². The quantitative estimate of drug-likeness (QED) is 0.726. The van der Waals surface area contributed by atoms with Gasteiger partial charge in [-0.1, -0.05) is 19.9 Å². The Kier molecular flexibility index (Phi) is 5.91. The van der Waals surface area contributed by atoms with Crippen LogP contribution in [0.5, 0.6) is 5.75 Å². The normalized spacial score (nSPS) is 11.0. The van der Waals surface area contributed by atoms with E-state index in [0.29, 0.717) is 12.5 Å². The van der Waals surface area contributed by atoms with Crippen molar-refractivity contribution in [1.82, 2.24) is 5.32 Å². The van der Waals surface area contributed by atoms with Crippen LogP contribution in [0.2, 0.25) is 0 Å². The van der Waals surface area contributed by atoms with Crippen molar-refractivity contribution >= 4 is 22.6 Å². The van der Waals surface area contributed by atoms with E-state index < -0.39 is 0 Å². The second-order valence-electron chi connectivity index (χ2n) is 5.14. The summed E-state index contributed by atoms with van der Waals surface area (Å²) in [5.41, 5.74) is 0. The van der Waals surface area contributed by atoms with E-state index in [0.717, 1.165) is 33.9 Å². The standard InChI is InChI=1S/C16H20INO2/c1-12(2)9-18-10-15-6-7-16(20-15)11-19-14-5-3-4-13(17)8-14/h3-8,12,18H,9-11H2,1-2H3. The number of halogens is 1. The van der Waals surface area contributed by atoms with E-state index in [1.54, 1.807) is 0 Å². The molecule has 0 aliphatic carbocycles. The van der Waals surface area contributed by atoms with Gasteiger partial charge in [-0.2, -0.15) is 0 Å². The lowest BCUT2D eigenvalue weighted by molar-refractivity contribution is 0.264. The fourth-order valence-corrected chi connectivity index (χ4v) is 2.30. The van der Waals surface area contributed by atoms with Crippen LogP contribution in [-0.4, -0.2) is 6.54 Å². The van der Waals surface area contributed by atoms with Gasteiger partial charge in [0.25, 0.3) is 0 Å². The predicted molar refractivity (Wildman–Crippen MR) is 88.7 cm³/mol. The van der Waals surface area contributed by atoms with Gasteiger partial charge in [0.1, 0.15) is 23.9 Å². The highest BCUT2D eigenvalue weighted by Crippen LogP contribution is 2.17. The minimum Gasteiger partial charge on any atom is -0.486 e. The van der Waals surface area contributed by atoms with E-state index in [2.05, 4.69) is 41.8 Å². The minimum absolute atomic E-state index is 0.463. The van der Waals surface area contributed by atoms with Gasteiger partial charge in [0.05, 0.1) is 6.54 Å². The minimum atomic E-state index is 0.463. The molecule has 0 radical (unpaired) electrons. The van der Waals surface area contributed by atoms with Crippen LogP contribution >= 0.6 is 22.6 Å². The number of benzene rings is 1. The van der Waals surface area contributed by atoms with E-state index in [-0.39, 0.29) is 0 Å². The first-order chi connectivity index (χ1) is 9.63. The zero-order valence-corrected chi connectivity index (χ0v) is 14.0. The van der Waals surface area contributed by atoms with Gasteiger partial charge in [-0.15, -0.1) is 0 Å². The average Bonchev–Trinajstić information content (AvgIpc) is 2.84. The molecule has 0 saturated carbocycles. The number of hydrogen-bond acceptors (Lipinski definition) is 3. The lowest BCUT2D eigenvalue weighted by Crippen LogP contribution is -2.18. The molecule has 0 atom stereocenters. The molecule has 4 heteroatoms. The maximum atomic E-state index is 5.73. The van der Waals surface area contributed by atoms with Crippen LogP contribution in [0.4, 0.5) is 0 Å². The molecule has 0 aliphatic rings. The third-order valence-corrected chi connectivity index (χ3v) is 3.42. The highest BCUT2D eigenvalue weighted by atomic mass is 127. The molecule has 3 nitrogen and oxygen atoms in total. The number of furan rings is 1. The first-order valence-electron chi connectivity index (χ1n) is 6.80. The van der Waals surface area contributed by atoms with E-state index in [9.17, 15) is 0 Å². The van der Waals surface area contributed by atoms with E-state index in [1.807, 2.05) is 36.4 Å². The summed E-state index contributed by atoms with van der Waals surface area (Å²) in [4.78, 5) is 0. The second-order valence-corrected chi connectivity index (χ2v) is 6.38. The molecular weight excluding hydrogens is 365 g/mol. The highest BCUT2D eigenvalue weighted by molar-refractivity contribution is 14.1. The molecule has 1 N–H and O–H groups in total. The third kappa shape index (κ3) is 5.17. The summed E-state index contributed by atoms with van der Waals surface area (Å²) in [7, 11) is 0. The molecule has 1 aromatic carbocycles. The highest BCUT2D eigenvalue weighted by Gasteiger charge is 2.04. The lowest BCUT2D eigenvalue weighted by Gasteiger charge is -2.06. The molecule has 0 unspecified atom stereocenters. The summed E-state index contributed by atoms with van der Waals surface area (Å²) in [6, 6.07) is 12.0. The molecule has 0 amide bonds. The summed E-state index contributed by atoms with van der Waals surface area (Å²) in [6.07, 6.45) is 0. The maximum Gasteiger partial charge on any atom is 0.146 e. The van der Waals surface area contributed by atoms with E-state index >= 15 is 0 Å². The van der Waals surface area contributed by atoms with Crippen LogP contribution in [-0.2, 0) is 13.2 Å². The van der Waals surface area contributed by atoms with Crippen molar-refractivity contribution in [2.24, 2.45) is 5.92 Å². The average molecular weight is 385 g/mol. The van der Waals surface area contributed by atoms with Crippen LogP contribution in [0.1, 0.15) is 25.4 Å². The van der Waals surface area contributed by atoms with Crippen molar-refractivity contribution in [2.75, 3.05) is 6.54 Å². The first-order valence-corrected chi connectivity index (χ1v) is 7.88. The van der Waals surface area contributed by atoms with Gasteiger partial charge in [0.2, 0.25) is 0 Å². The largest absolute Gasteiger partial charge is 0.486 e. The van der Waals surface area contributed by atoms with Crippen molar-refractivity contribution in [3.8, 4) is 5.75 Å². The van der Waals surface area contributed by atoms with Gasteiger partial charge in [-0.05, 0) is 65.4 Å². The maximum absolute atomic E-state index is 5.73. The Morgan fingerprint density at radius 2 is 2.00 bits per heavy atom. The number of rotatable bonds is 7.